The summed E-state index contributed by atoms with van der Waals surface area (Å²) in [7, 11) is 0. The maximum Gasteiger partial charge on any atom is 0.410 e. The summed E-state index contributed by atoms with van der Waals surface area (Å²) in [5, 5.41) is 0. The van der Waals surface area contributed by atoms with E-state index < -0.39 is 5.60 Å². The van der Waals surface area contributed by atoms with Crippen molar-refractivity contribution in [3.8, 4) is 0 Å². The van der Waals surface area contributed by atoms with Gasteiger partial charge in [0.15, 0.2) is 0 Å². The fraction of sp³-hybridized carbons (Fsp3) is 0.762. The van der Waals surface area contributed by atoms with Crippen molar-refractivity contribution in [3.63, 3.8) is 0 Å². The van der Waals surface area contributed by atoms with Crippen LogP contribution in [0.1, 0.15) is 27.7 Å². The van der Waals surface area contributed by atoms with Crippen molar-refractivity contribution >= 4 is 6.09 Å². The number of allylic oxidation sites excluding steroid dienone is 2. The third-order valence-corrected chi connectivity index (χ3v) is 5.78. The SMILES string of the molecule is CC1C=CC=CC1(CN1CCN(C(=O)OC(C)(C)C)CC1)N1CCOCC1. The second-order valence-electron chi connectivity index (χ2n) is 8.87. The van der Waals surface area contributed by atoms with E-state index >= 15 is 0 Å². The van der Waals surface area contributed by atoms with E-state index in [4.69, 9.17) is 9.47 Å². The van der Waals surface area contributed by atoms with Crippen molar-refractivity contribution in [2.75, 3.05) is 59.0 Å². The molecule has 0 aromatic rings. The number of ether oxygens (including phenoxy) is 2. The van der Waals surface area contributed by atoms with Gasteiger partial charge >= 0.3 is 6.09 Å². The van der Waals surface area contributed by atoms with Crippen LogP contribution in [0.25, 0.3) is 0 Å². The lowest BCUT2D eigenvalue weighted by molar-refractivity contribution is -0.0364. The monoisotopic (exact) mass is 377 g/mol. The molecule has 1 aliphatic carbocycles. The fourth-order valence-electron chi connectivity index (χ4n) is 4.21. The Bertz CT molecular complexity index is 570. The quantitative estimate of drug-likeness (QED) is 0.756. The van der Waals surface area contributed by atoms with E-state index in [2.05, 4.69) is 41.0 Å². The molecule has 2 heterocycles. The van der Waals surface area contributed by atoms with Crippen LogP contribution in [0.15, 0.2) is 24.3 Å². The second kappa shape index (κ2) is 8.33. The van der Waals surface area contributed by atoms with Gasteiger partial charge in [0.25, 0.3) is 0 Å². The molecule has 0 saturated carbocycles. The predicted octanol–water partition coefficient (Wildman–Crippen LogP) is 2.37. The normalized spacial score (nSPS) is 30.5. The van der Waals surface area contributed by atoms with Crippen LogP contribution in [0.3, 0.4) is 0 Å². The van der Waals surface area contributed by atoms with Crippen molar-refractivity contribution in [2.45, 2.75) is 38.8 Å². The molecule has 0 aromatic carbocycles. The molecule has 2 aliphatic heterocycles. The second-order valence-corrected chi connectivity index (χ2v) is 8.87. The Balaban J connectivity index is 1.62. The van der Waals surface area contributed by atoms with Gasteiger partial charge in [-0.2, -0.15) is 0 Å². The third kappa shape index (κ3) is 4.92. The van der Waals surface area contributed by atoms with Crippen molar-refractivity contribution < 1.29 is 14.3 Å². The van der Waals surface area contributed by atoms with E-state index in [0.717, 1.165) is 59.0 Å². The summed E-state index contributed by atoms with van der Waals surface area (Å²) < 4.78 is 11.1. The molecule has 3 rings (SSSR count). The number of amides is 1. The molecule has 152 valence electrons. The van der Waals surface area contributed by atoms with Crippen molar-refractivity contribution in [1.29, 1.82) is 0 Å². The van der Waals surface area contributed by atoms with Gasteiger partial charge in [-0.05, 0) is 26.7 Å². The molecule has 2 unspecified atom stereocenters. The Labute approximate surface area is 163 Å². The Morgan fingerprint density at radius 3 is 2.37 bits per heavy atom. The zero-order valence-electron chi connectivity index (χ0n) is 17.3. The summed E-state index contributed by atoms with van der Waals surface area (Å²) in [6.45, 7) is 15.8. The molecule has 0 N–H and O–H groups in total. The first-order valence-corrected chi connectivity index (χ1v) is 10.2. The number of rotatable bonds is 3. The molecule has 6 nitrogen and oxygen atoms in total. The minimum Gasteiger partial charge on any atom is -0.444 e. The number of hydrogen-bond acceptors (Lipinski definition) is 5. The number of nitrogens with zero attached hydrogens (tertiary/aromatic N) is 3. The third-order valence-electron chi connectivity index (χ3n) is 5.78. The Kier molecular flexibility index (Phi) is 6.28. The van der Waals surface area contributed by atoms with Crippen molar-refractivity contribution in [2.24, 2.45) is 5.92 Å². The van der Waals surface area contributed by atoms with Gasteiger partial charge in [0.2, 0.25) is 0 Å². The summed E-state index contributed by atoms with van der Waals surface area (Å²) >= 11 is 0. The molecule has 0 bridgehead atoms. The van der Waals surface area contributed by atoms with Crippen molar-refractivity contribution in [1.82, 2.24) is 14.7 Å². The predicted molar refractivity (Wildman–Crippen MR) is 107 cm³/mol. The molecule has 2 saturated heterocycles. The number of carbonyl (C=O) groups excluding carboxylic acids is 1. The summed E-state index contributed by atoms with van der Waals surface area (Å²) in [6.07, 6.45) is 8.84. The van der Waals surface area contributed by atoms with Crippen LogP contribution in [0.5, 0.6) is 0 Å². The maximum absolute atomic E-state index is 12.3. The number of morpholine rings is 1. The summed E-state index contributed by atoms with van der Waals surface area (Å²) in [5.74, 6) is 0.449. The molecular weight excluding hydrogens is 342 g/mol. The standard InChI is InChI=1S/C21H35N3O3/c1-18-7-5-6-8-21(18,24-13-15-26-16-14-24)17-22-9-11-23(12-10-22)19(25)27-20(2,3)4/h5-8,18H,9-17H2,1-4H3. The lowest BCUT2D eigenvalue weighted by Crippen LogP contribution is -2.63. The molecule has 6 heteroatoms. The molecule has 0 radical (unpaired) electrons. The van der Waals surface area contributed by atoms with Crippen LogP contribution >= 0.6 is 0 Å². The topological polar surface area (TPSA) is 45.2 Å². The highest BCUT2D eigenvalue weighted by Crippen LogP contribution is 2.33. The van der Waals surface area contributed by atoms with Crippen molar-refractivity contribution in [3.05, 3.63) is 24.3 Å². The summed E-state index contributed by atoms with van der Waals surface area (Å²) in [4.78, 5) is 19.2. The highest BCUT2D eigenvalue weighted by molar-refractivity contribution is 5.68. The van der Waals surface area contributed by atoms with Crippen LogP contribution < -0.4 is 0 Å². The van der Waals surface area contributed by atoms with Gasteiger partial charge in [-0.1, -0.05) is 31.2 Å². The minimum absolute atomic E-state index is 0.00657. The van der Waals surface area contributed by atoms with E-state index in [1.54, 1.807) is 0 Å². The maximum atomic E-state index is 12.3. The molecule has 2 fully saturated rings. The van der Waals surface area contributed by atoms with Gasteiger partial charge in [-0.15, -0.1) is 0 Å². The summed E-state index contributed by atoms with van der Waals surface area (Å²) in [6, 6.07) is 0. The molecule has 2 atom stereocenters. The van der Waals surface area contributed by atoms with Crippen LogP contribution in [0, 0.1) is 5.92 Å². The highest BCUT2D eigenvalue weighted by atomic mass is 16.6. The van der Waals surface area contributed by atoms with E-state index in [1.807, 2.05) is 25.7 Å². The molecule has 1 amide bonds. The number of carbonyl (C=O) groups is 1. The van der Waals surface area contributed by atoms with Crippen LogP contribution in [-0.2, 0) is 9.47 Å². The first kappa shape index (κ1) is 20.4. The van der Waals surface area contributed by atoms with Crippen LogP contribution in [0.2, 0.25) is 0 Å². The lowest BCUT2D eigenvalue weighted by Gasteiger charge is -2.51. The molecule has 27 heavy (non-hydrogen) atoms. The Morgan fingerprint density at radius 1 is 1.11 bits per heavy atom. The van der Waals surface area contributed by atoms with Crippen LogP contribution in [0.4, 0.5) is 4.79 Å². The van der Waals surface area contributed by atoms with E-state index in [-0.39, 0.29) is 11.6 Å². The zero-order valence-corrected chi connectivity index (χ0v) is 17.3. The number of hydrogen-bond donors (Lipinski definition) is 0. The highest BCUT2D eigenvalue weighted by Gasteiger charge is 2.42. The van der Waals surface area contributed by atoms with Crippen LogP contribution in [-0.4, -0.2) is 91.0 Å². The Hall–Kier alpha value is -1.37. The molecule has 0 spiro atoms. The summed E-state index contributed by atoms with van der Waals surface area (Å²) in [5.41, 5.74) is -0.435. The first-order chi connectivity index (χ1) is 12.8. The van der Waals surface area contributed by atoms with Gasteiger partial charge in [-0.25, -0.2) is 4.79 Å². The van der Waals surface area contributed by atoms with E-state index in [9.17, 15) is 4.79 Å². The first-order valence-electron chi connectivity index (χ1n) is 10.2. The minimum atomic E-state index is -0.441. The number of piperazine rings is 1. The Morgan fingerprint density at radius 2 is 1.78 bits per heavy atom. The molecule has 0 aromatic heterocycles. The average molecular weight is 378 g/mol. The average Bonchev–Trinajstić information content (AvgIpc) is 2.63. The lowest BCUT2D eigenvalue weighted by atomic mass is 9.79. The van der Waals surface area contributed by atoms with Gasteiger partial charge in [-0.3, -0.25) is 9.80 Å². The van der Waals surface area contributed by atoms with E-state index in [0.29, 0.717) is 5.92 Å². The van der Waals surface area contributed by atoms with Gasteiger partial charge in [0.1, 0.15) is 5.60 Å². The largest absolute Gasteiger partial charge is 0.444 e. The molecular formula is C21H35N3O3. The zero-order chi connectivity index (χ0) is 19.5. The fourth-order valence-corrected chi connectivity index (χ4v) is 4.21. The smallest absolute Gasteiger partial charge is 0.410 e. The van der Waals surface area contributed by atoms with Gasteiger partial charge in [0, 0.05) is 45.8 Å². The molecule has 3 aliphatic rings. The van der Waals surface area contributed by atoms with Gasteiger partial charge in [0.05, 0.1) is 18.8 Å². The van der Waals surface area contributed by atoms with Gasteiger partial charge < -0.3 is 14.4 Å². The van der Waals surface area contributed by atoms with E-state index in [1.165, 1.54) is 0 Å².